The first-order valence-electron chi connectivity index (χ1n) is 11.0. The molecule has 4 aromatic rings. The van der Waals surface area contributed by atoms with Crippen molar-refractivity contribution >= 4 is 34.2 Å². The summed E-state index contributed by atoms with van der Waals surface area (Å²) >= 11 is 0.898. The molecule has 188 valence electrons. The number of benzene rings is 2. The molecule has 0 saturated carbocycles. The van der Waals surface area contributed by atoms with E-state index < -0.39 is 21.8 Å². The predicted molar refractivity (Wildman–Crippen MR) is 139 cm³/mol. The van der Waals surface area contributed by atoms with Crippen molar-refractivity contribution in [1.82, 2.24) is 14.6 Å². The molecule has 0 saturated heterocycles. The Hall–Kier alpha value is -3.12. The molecule has 0 aliphatic heterocycles. The minimum absolute atomic E-state index is 0.0344. The number of aryl methyl sites for hydroxylation is 1. The second kappa shape index (κ2) is 9.74. The number of hydrogen-bond donors (Lipinski definition) is 1. The molecule has 2 aromatic heterocycles. The summed E-state index contributed by atoms with van der Waals surface area (Å²) in [7, 11) is 0. The fourth-order valence-corrected chi connectivity index (χ4v) is 4.13. The van der Waals surface area contributed by atoms with Crippen LogP contribution in [0, 0.1) is 6.92 Å². The molecule has 1 N–H and O–H groups in total. The normalized spacial score (nSPS) is 13.1. The summed E-state index contributed by atoms with van der Waals surface area (Å²) in [5.41, 5.74) is 2.98. The Labute approximate surface area is 220 Å². The van der Waals surface area contributed by atoms with Gasteiger partial charge in [0.2, 0.25) is 0 Å². The number of carbonyl (C=O) groups is 1. The topological polar surface area (TPSA) is 86.0 Å². The predicted octanol–water partition coefficient (Wildman–Crippen LogP) is 6.68. The molecule has 0 amide bonds. The summed E-state index contributed by atoms with van der Waals surface area (Å²) in [4.78, 5) is 17.0. The van der Waals surface area contributed by atoms with Crippen LogP contribution in [0.2, 0.25) is 0 Å². The highest BCUT2D eigenvalue weighted by Crippen LogP contribution is 2.37. The Morgan fingerprint density at radius 1 is 1.06 bits per heavy atom. The third-order valence-corrected chi connectivity index (χ3v) is 5.44. The van der Waals surface area contributed by atoms with Crippen LogP contribution in [0.1, 0.15) is 38.1 Å². The smallest absolute Gasteiger partial charge is 0.451 e. The highest BCUT2D eigenvalue weighted by Gasteiger charge is 2.33. The van der Waals surface area contributed by atoms with Gasteiger partial charge in [0.05, 0.1) is 39.6 Å². The van der Waals surface area contributed by atoms with Crippen LogP contribution in [-0.2, 0) is 9.53 Å². The van der Waals surface area contributed by atoms with Gasteiger partial charge in [0.25, 0.3) is 0 Å². The maximum atomic E-state index is 13.3. The van der Waals surface area contributed by atoms with Gasteiger partial charge < -0.3 is 14.6 Å². The molecule has 2 heterocycles. The standard InChI is InChI=1S/C26H24F2IN3O4/c1-15-21(23(24(33)34)36-25(2,3)4)22(17-10-12-18(13-11-17)35-26(27,28)29)32-20(30-15)14-19(31-32)16-8-6-5-7-9-16/h5-14,23H,1-4H3,(H,33,34). The highest BCUT2D eigenvalue weighted by molar-refractivity contribution is 14.1. The molecular weight excluding hydrogens is 583 g/mol. The third-order valence-electron chi connectivity index (χ3n) is 5.22. The van der Waals surface area contributed by atoms with Crippen LogP contribution < -0.4 is 4.74 Å². The molecule has 1 unspecified atom stereocenters. The van der Waals surface area contributed by atoms with Gasteiger partial charge in [-0.2, -0.15) is 13.9 Å². The Morgan fingerprint density at radius 2 is 1.69 bits per heavy atom. The van der Waals surface area contributed by atoms with Gasteiger partial charge in [0.15, 0.2) is 11.8 Å². The number of aromatic nitrogens is 3. The molecule has 10 heteroatoms. The summed E-state index contributed by atoms with van der Waals surface area (Å²) in [6, 6.07) is 17.3. The summed E-state index contributed by atoms with van der Waals surface area (Å²) in [5.74, 6) is -1.22. The Kier molecular flexibility index (Phi) is 7.02. The lowest BCUT2D eigenvalue weighted by Gasteiger charge is -2.27. The van der Waals surface area contributed by atoms with Gasteiger partial charge in [-0.3, -0.25) is 0 Å². The zero-order chi connectivity index (χ0) is 26.3. The molecule has 4 rings (SSSR count). The van der Waals surface area contributed by atoms with E-state index in [-0.39, 0.29) is 5.75 Å². The van der Waals surface area contributed by atoms with Crippen LogP contribution in [0.4, 0.5) is 8.78 Å². The molecular formula is C26H24F2IN3O4. The minimum Gasteiger partial charge on any atom is -0.479 e. The molecule has 0 aliphatic rings. The van der Waals surface area contributed by atoms with E-state index in [0.29, 0.717) is 33.9 Å². The molecule has 0 aliphatic carbocycles. The van der Waals surface area contributed by atoms with Gasteiger partial charge in [-0.25, -0.2) is 14.3 Å². The lowest BCUT2D eigenvalue weighted by atomic mass is 9.99. The van der Waals surface area contributed by atoms with Crippen molar-refractivity contribution in [3.63, 3.8) is 0 Å². The monoisotopic (exact) mass is 607 g/mol. The second-order valence-corrected chi connectivity index (χ2v) is 10.4. The van der Waals surface area contributed by atoms with Crippen LogP contribution in [0.25, 0.3) is 28.2 Å². The number of fused-ring (bicyclic) bond motifs is 1. The fourth-order valence-electron chi connectivity index (χ4n) is 3.88. The molecule has 0 bridgehead atoms. The molecule has 1 atom stereocenters. The minimum atomic E-state index is -3.37. The molecule has 0 radical (unpaired) electrons. The SMILES string of the molecule is Cc1nc2cc(-c3ccccc3)nn2c(-c2ccc(OC(F)(F)I)cc2)c1C(OC(C)(C)C)C(=O)O. The summed E-state index contributed by atoms with van der Waals surface area (Å²) in [5, 5.41) is 14.9. The van der Waals surface area contributed by atoms with Gasteiger partial charge in [-0.15, -0.1) is 0 Å². The molecule has 0 spiro atoms. The van der Waals surface area contributed by atoms with Crippen molar-refractivity contribution in [3.8, 4) is 28.3 Å². The Morgan fingerprint density at radius 3 is 2.25 bits per heavy atom. The average molecular weight is 607 g/mol. The van der Waals surface area contributed by atoms with Crippen molar-refractivity contribution in [2.45, 2.75) is 43.5 Å². The Bertz CT molecular complexity index is 1400. The zero-order valence-electron chi connectivity index (χ0n) is 20.0. The number of nitrogens with zero attached hydrogens (tertiary/aromatic N) is 3. The van der Waals surface area contributed by atoms with E-state index >= 15 is 0 Å². The van der Waals surface area contributed by atoms with E-state index in [1.807, 2.05) is 36.4 Å². The van der Waals surface area contributed by atoms with Crippen molar-refractivity contribution < 1.29 is 28.2 Å². The van der Waals surface area contributed by atoms with Crippen LogP contribution >= 0.6 is 22.6 Å². The van der Waals surface area contributed by atoms with E-state index in [1.54, 1.807) is 44.3 Å². The largest absolute Gasteiger partial charge is 0.479 e. The van der Waals surface area contributed by atoms with E-state index in [9.17, 15) is 18.7 Å². The number of aliphatic carboxylic acids is 1. The lowest BCUT2D eigenvalue weighted by Crippen LogP contribution is -2.29. The fraction of sp³-hybridized carbons (Fsp3) is 0.269. The second-order valence-electron chi connectivity index (χ2n) is 9.15. The van der Waals surface area contributed by atoms with Crippen molar-refractivity contribution in [2.24, 2.45) is 0 Å². The number of alkyl halides is 3. The maximum absolute atomic E-state index is 13.3. The number of hydrogen-bond acceptors (Lipinski definition) is 5. The first kappa shape index (κ1) is 26.0. The van der Waals surface area contributed by atoms with E-state index in [1.165, 1.54) is 12.1 Å². The summed E-state index contributed by atoms with van der Waals surface area (Å²) in [6.45, 7) is 7.01. The van der Waals surface area contributed by atoms with Crippen LogP contribution in [-0.4, -0.2) is 35.4 Å². The lowest BCUT2D eigenvalue weighted by molar-refractivity contribution is -0.160. The van der Waals surface area contributed by atoms with Gasteiger partial charge in [-0.1, -0.05) is 30.3 Å². The van der Waals surface area contributed by atoms with Crippen LogP contribution in [0.15, 0.2) is 60.7 Å². The molecule has 7 nitrogen and oxygen atoms in total. The number of rotatable bonds is 7. The van der Waals surface area contributed by atoms with Crippen molar-refractivity contribution in [2.75, 3.05) is 0 Å². The van der Waals surface area contributed by atoms with Crippen molar-refractivity contribution in [3.05, 3.63) is 71.9 Å². The first-order chi connectivity index (χ1) is 16.8. The quantitative estimate of drug-likeness (QED) is 0.187. The van der Waals surface area contributed by atoms with E-state index in [4.69, 9.17) is 9.84 Å². The van der Waals surface area contributed by atoms with Gasteiger partial charge in [0.1, 0.15) is 5.75 Å². The highest BCUT2D eigenvalue weighted by atomic mass is 127. The van der Waals surface area contributed by atoms with E-state index in [2.05, 4.69) is 9.72 Å². The summed E-state index contributed by atoms with van der Waals surface area (Å²) < 4.78 is 35.5. The number of ether oxygens (including phenoxy) is 2. The molecule has 0 fully saturated rings. The Balaban J connectivity index is 1.97. The van der Waals surface area contributed by atoms with Gasteiger partial charge in [0, 0.05) is 28.5 Å². The number of carboxylic acids is 1. The molecule has 2 aromatic carbocycles. The molecule has 36 heavy (non-hydrogen) atoms. The van der Waals surface area contributed by atoms with E-state index in [0.717, 1.165) is 28.2 Å². The average Bonchev–Trinajstić information content (AvgIpc) is 3.20. The maximum Gasteiger partial charge on any atom is 0.451 e. The van der Waals surface area contributed by atoms with Crippen molar-refractivity contribution in [1.29, 1.82) is 0 Å². The van der Waals surface area contributed by atoms with Crippen LogP contribution in [0.5, 0.6) is 5.75 Å². The van der Waals surface area contributed by atoms with Gasteiger partial charge in [-0.05, 0) is 52.0 Å². The van der Waals surface area contributed by atoms with Gasteiger partial charge >= 0.3 is 10.1 Å². The summed E-state index contributed by atoms with van der Waals surface area (Å²) in [6.07, 6.45) is -1.35. The third kappa shape index (κ3) is 5.81. The first-order valence-corrected chi connectivity index (χ1v) is 12.1. The number of halogens is 3. The number of carboxylic acid groups (broad SMARTS) is 1. The zero-order valence-corrected chi connectivity index (χ0v) is 22.2. The van der Waals surface area contributed by atoms with Crippen LogP contribution in [0.3, 0.4) is 0 Å².